The number of carboxylic acid groups (broad SMARTS) is 1. The van der Waals surface area contributed by atoms with Crippen LogP contribution in [0.5, 0.6) is 0 Å². The molecule has 0 saturated carbocycles. The summed E-state index contributed by atoms with van der Waals surface area (Å²) in [6, 6.07) is 11.8. The van der Waals surface area contributed by atoms with E-state index in [0.717, 1.165) is 84.1 Å². The molecule has 0 radical (unpaired) electrons. The van der Waals surface area contributed by atoms with Gasteiger partial charge in [-0.05, 0) is 92.0 Å². The number of esters is 1. The van der Waals surface area contributed by atoms with Gasteiger partial charge >= 0.3 is 11.9 Å². The SMILES string of the molecule is CCOC(=O)C1CCc2[nH]c3ncnc(Nc4ccc5c(c4)SC(=O)C5)c3c2C1.O=C1Cc2ccc(Nc3ncnc4[nH]c5c(c34)CC(C(=O)O)CC5)cc2S1. The van der Waals surface area contributed by atoms with Gasteiger partial charge in [-0.2, -0.15) is 0 Å². The molecule has 0 bridgehead atoms. The van der Waals surface area contributed by atoms with Gasteiger partial charge in [-0.3, -0.25) is 19.2 Å². The van der Waals surface area contributed by atoms with Crippen LogP contribution in [0, 0.1) is 11.8 Å². The molecule has 0 spiro atoms. The summed E-state index contributed by atoms with van der Waals surface area (Å²) in [7, 11) is 0. The molecule has 14 nitrogen and oxygen atoms in total. The zero-order chi connectivity index (χ0) is 38.5. The average Bonchev–Trinajstić information content (AvgIpc) is 3.96. The van der Waals surface area contributed by atoms with Crippen LogP contribution in [0.15, 0.2) is 58.8 Å². The third-order valence-electron chi connectivity index (χ3n) is 10.7. The molecule has 2 atom stereocenters. The molecule has 2 aliphatic heterocycles. The molecule has 16 heteroatoms. The van der Waals surface area contributed by atoms with Gasteiger partial charge in [0.25, 0.3) is 0 Å². The van der Waals surface area contributed by atoms with Gasteiger partial charge in [0.05, 0.1) is 29.2 Å². The lowest BCUT2D eigenvalue weighted by molar-refractivity contribution is -0.148. The van der Waals surface area contributed by atoms with E-state index >= 15 is 0 Å². The highest BCUT2D eigenvalue weighted by Gasteiger charge is 2.31. The predicted molar refractivity (Wildman–Crippen MR) is 212 cm³/mol. The summed E-state index contributed by atoms with van der Waals surface area (Å²) in [4.78, 5) is 73.3. The van der Waals surface area contributed by atoms with Gasteiger partial charge in [-0.25, -0.2) is 19.9 Å². The number of hydrogen-bond acceptors (Lipinski definition) is 13. The molecule has 2 aromatic carbocycles. The molecular formula is C40H36N8O6S2. The first-order valence-electron chi connectivity index (χ1n) is 18.5. The Labute approximate surface area is 328 Å². The van der Waals surface area contributed by atoms with Crippen molar-refractivity contribution < 1.29 is 29.0 Å². The molecule has 5 N–H and O–H groups in total. The highest BCUT2D eigenvalue weighted by molar-refractivity contribution is 8.14. The fourth-order valence-corrected chi connectivity index (χ4v) is 9.85. The van der Waals surface area contributed by atoms with Crippen LogP contribution in [0.2, 0.25) is 0 Å². The second-order valence-electron chi connectivity index (χ2n) is 14.2. The largest absolute Gasteiger partial charge is 0.481 e. The molecule has 4 aliphatic rings. The lowest BCUT2D eigenvalue weighted by Gasteiger charge is -2.21. The standard InChI is InChI=1S/C21H20N4O3S.C19H16N4O3S/c1-2-28-21(27)12-4-6-15-14(7-12)18-19(22-10-23-20(18)25-15)24-13-5-3-11-8-17(26)29-16(11)9-13;24-15-6-9-1-3-11(7-14(9)27-15)22-17-16-12-5-10(19(25)26)2-4-13(12)23-18(16)21-8-20-17/h3,5,9-10,12H,2,4,6-8H2,1H3,(H2,22,23,24,25);1,3,7-8,10H,2,4-6H2,(H,25,26)(H2,20,21,22,23). The topological polar surface area (TPSA) is 205 Å². The van der Waals surface area contributed by atoms with Crippen LogP contribution >= 0.6 is 23.5 Å². The van der Waals surface area contributed by atoms with Gasteiger partial charge in [-0.1, -0.05) is 35.7 Å². The van der Waals surface area contributed by atoms with E-state index in [-0.39, 0.29) is 28.0 Å². The molecule has 0 amide bonds. The highest BCUT2D eigenvalue weighted by Crippen LogP contribution is 2.40. The van der Waals surface area contributed by atoms with Crippen LogP contribution in [0.3, 0.4) is 0 Å². The Bertz CT molecular complexity index is 2600. The van der Waals surface area contributed by atoms with Crippen LogP contribution in [-0.4, -0.2) is 63.8 Å². The zero-order valence-electron chi connectivity index (χ0n) is 30.2. The quantitative estimate of drug-likeness (QED) is 0.108. The first-order valence-corrected chi connectivity index (χ1v) is 20.1. The Kier molecular flexibility index (Phi) is 9.45. The van der Waals surface area contributed by atoms with E-state index in [9.17, 15) is 24.3 Å². The Hall–Kier alpha value is -5.74. The predicted octanol–water partition coefficient (Wildman–Crippen LogP) is 6.61. The molecule has 284 valence electrons. The number of benzene rings is 2. The number of nitrogens with one attached hydrogen (secondary N) is 4. The third-order valence-corrected chi connectivity index (χ3v) is 12.6. The van der Waals surface area contributed by atoms with Crippen LogP contribution < -0.4 is 10.6 Å². The maximum absolute atomic E-state index is 12.3. The van der Waals surface area contributed by atoms with E-state index in [1.165, 1.54) is 36.2 Å². The van der Waals surface area contributed by atoms with Crippen molar-refractivity contribution in [2.45, 2.75) is 68.1 Å². The molecule has 0 saturated heterocycles. The molecule has 2 aliphatic carbocycles. The highest BCUT2D eigenvalue weighted by atomic mass is 32.2. The number of ether oxygens (including phenoxy) is 1. The summed E-state index contributed by atoms with van der Waals surface area (Å²) < 4.78 is 5.24. The number of nitrogens with zero attached hydrogens (tertiary/aromatic N) is 4. The van der Waals surface area contributed by atoms with Crippen LogP contribution in [0.1, 0.15) is 53.4 Å². The number of fused-ring (bicyclic) bond motifs is 8. The van der Waals surface area contributed by atoms with Gasteiger partial charge in [0.15, 0.2) is 10.2 Å². The molecule has 2 unspecified atom stereocenters. The number of hydrogen-bond donors (Lipinski definition) is 5. The van der Waals surface area contributed by atoms with E-state index in [4.69, 9.17) is 4.74 Å². The minimum absolute atomic E-state index is 0.140. The van der Waals surface area contributed by atoms with Crippen LogP contribution in [0.4, 0.5) is 23.0 Å². The van der Waals surface area contributed by atoms with E-state index in [1.807, 2.05) is 43.3 Å². The second-order valence-corrected chi connectivity index (χ2v) is 16.4. The van der Waals surface area contributed by atoms with Gasteiger partial charge in [0.1, 0.15) is 35.6 Å². The van der Waals surface area contributed by atoms with Crippen molar-refractivity contribution in [1.29, 1.82) is 0 Å². The molecule has 4 aromatic heterocycles. The number of anilines is 4. The number of carbonyl (C=O) groups excluding carboxylic acids is 3. The normalized spacial score (nSPS) is 18.1. The molecule has 10 rings (SSSR count). The number of aliphatic carboxylic acids is 1. The Balaban J connectivity index is 0.000000147. The lowest BCUT2D eigenvalue weighted by atomic mass is 9.86. The van der Waals surface area contributed by atoms with E-state index in [2.05, 4.69) is 40.5 Å². The van der Waals surface area contributed by atoms with Crippen molar-refractivity contribution in [3.8, 4) is 0 Å². The number of aryl methyl sites for hydroxylation is 2. The van der Waals surface area contributed by atoms with Crippen molar-refractivity contribution in [2.24, 2.45) is 11.8 Å². The van der Waals surface area contributed by atoms with Crippen molar-refractivity contribution in [3.05, 3.63) is 82.7 Å². The molecule has 0 fully saturated rings. The minimum atomic E-state index is -0.762. The number of aromatic nitrogens is 6. The minimum Gasteiger partial charge on any atom is -0.481 e. The first kappa shape index (κ1) is 35.9. The van der Waals surface area contributed by atoms with Gasteiger partial charge < -0.3 is 30.4 Å². The molecule has 56 heavy (non-hydrogen) atoms. The Morgan fingerprint density at radius 2 is 1.27 bits per heavy atom. The third kappa shape index (κ3) is 6.87. The van der Waals surface area contributed by atoms with E-state index in [1.54, 1.807) is 0 Å². The summed E-state index contributed by atoms with van der Waals surface area (Å²) in [6.07, 6.45) is 7.94. The smallest absolute Gasteiger partial charge is 0.309 e. The summed E-state index contributed by atoms with van der Waals surface area (Å²) >= 11 is 2.55. The number of H-pyrrole nitrogens is 2. The Morgan fingerprint density at radius 3 is 1.77 bits per heavy atom. The molecule has 6 aromatic rings. The number of rotatable bonds is 7. The van der Waals surface area contributed by atoms with E-state index in [0.29, 0.717) is 62.4 Å². The number of thioether (sulfide) groups is 2. The average molecular weight is 789 g/mol. The fraction of sp³-hybridized carbons (Fsp3) is 0.300. The van der Waals surface area contributed by atoms with E-state index < -0.39 is 5.97 Å². The van der Waals surface area contributed by atoms with Crippen molar-refractivity contribution in [2.75, 3.05) is 17.2 Å². The van der Waals surface area contributed by atoms with Gasteiger partial charge in [0.2, 0.25) is 0 Å². The summed E-state index contributed by atoms with van der Waals surface area (Å²) in [6.45, 7) is 2.22. The van der Waals surface area contributed by atoms with Crippen molar-refractivity contribution in [1.82, 2.24) is 29.9 Å². The number of aromatic amines is 2. The number of carbonyl (C=O) groups is 4. The van der Waals surface area contributed by atoms with Crippen molar-refractivity contribution >= 4 is 90.8 Å². The second kappa shape index (κ2) is 14.7. The van der Waals surface area contributed by atoms with Crippen LogP contribution in [-0.2, 0) is 62.4 Å². The Morgan fingerprint density at radius 1 is 0.768 bits per heavy atom. The fourth-order valence-electron chi connectivity index (χ4n) is 7.99. The zero-order valence-corrected chi connectivity index (χ0v) is 31.9. The summed E-state index contributed by atoms with van der Waals surface area (Å²) in [5.74, 6) is -0.0752. The molecular weight excluding hydrogens is 753 g/mol. The molecule has 6 heterocycles. The summed E-state index contributed by atoms with van der Waals surface area (Å²) in [5, 5.41) is 18.2. The maximum atomic E-state index is 12.3. The lowest BCUT2D eigenvalue weighted by Crippen LogP contribution is -2.24. The van der Waals surface area contributed by atoms with Gasteiger partial charge in [0, 0.05) is 45.4 Å². The maximum Gasteiger partial charge on any atom is 0.309 e. The van der Waals surface area contributed by atoms with Gasteiger partial charge in [-0.15, -0.1) is 0 Å². The monoisotopic (exact) mass is 788 g/mol. The first-order chi connectivity index (χ1) is 27.2. The summed E-state index contributed by atoms with van der Waals surface area (Å²) in [5.41, 5.74) is 9.53. The number of carboxylic acids is 1. The van der Waals surface area contributed by atoms with Crippen molar-refractivity contribution in [3.63, 3.8) is 0 Å². The van der Waals surface area contributed by atoms with Crippen LogP contribution in [0.25, 0.3) is 22.1 Å².